The molecule has 1 heterocycles. The Morgan fingerprint density at radius 1 is 0.939 bits per heavy atom. The Kier molecular flexibility index (Phi) is 5.78. The largest absolute Gasteiger partial charge is 0.465 e. The zero-order chi connectivity index (χ0) is 23.8. The minimum absolute atomic E-state index is 0.159. The second-order valence-corrected chi connectivity index (χ2v) is 9.53. The van der Waals surface area contributed by atoms with Crippen LogP contribution < -0.4 is 4.31 Å². The normalized spacial score (nSPS) is 11.4. The maximum atomic E-state index is 13.4. The number of hydrogen-bond acceptors (Lipinski definition) is 5. The maximum absolute atomic E-state index is 13.4. The van der Waals surface area contributed by atoms with E-state index >= 15 is 0 Å². The van der Waals surface area contributed by atoms with Crippen LogP contribution in [0.4, 0.5) is 5.69 Å². The van der Waals surface area contributed by atoms with Gasteiger partial charge in [-0.3, -0.25) is 13.7 Å². The quantitative estimate of drug-likeness (QED) is 0.414. The van der Waals surface area contributed by atoms with Crippen molar-refractivity contribution in [1.82, 2.24) is 4.57 Å². The minimum atomic E-state index is -3.81. The van der Waals surface area contributed by atoms with Gasteiger partial charge in [0.05, 0.1) is 28.8 Å². The van der Waals surface area contributed by atoms with Crippen LogP contribution in [0.5, 0.6) is 0 Å². The fourth-order valence-electron chi connectivity index (χ4n) is 3.60. The lowest BCUT2D eigenvalue weighted by atomic mass is 10.1. The standard InChI is InChI=1S/C25H22N2O5S/c1-17-11-13-20(14-12-17)33(30,31)26(2)19-8-6-7-18(15-19)24(28)27-16-22(25(29)32-3)21-9-4-5-10-23(21)27/h4-16H,1-3H3. The number of ether oxygens (including phenoxy) is 1. The molecule has 0 aliphatic heterocycles. The monoisotopic (exact) mass is 462 g/mol. The van der Waals surface area contributed by atoms with E-state index in [1.54, 1.807) is 66.7 Å². The highest BCUT2D eigenvalue weighted by Gasteiger charge is 2.23. The van der Waals surface area contributed by atoms with Crippen LogP contribution in [0, 0.1) is 6.92 Å². The topological polar surface area (TPSA) is 85.7 Å². The number of carbonyl (C=O) groups excluding carboxylic acids is 2. The number of methoxy groups -OCH3 is 1. The second kappa shape index (κ2) is 8.55. The van der Waals surface area contributed by atoms with E-state index in [-0.39, 0.29) is 16.0 Å². The summed E-state index contributed by atoms with van der Waals surface area (Å²) >= 11 is 0. The van der Waals surface area contributed by atoms with Crippen LogP contribution in [0.1, 0.15) is 26.3 Å². The van der Waals surface area contributed by atoms with Gasteiger partial charge in [-0.2, -0.15) is 0 Å². The van der Waals surface area contributed by atoms with Gasteiger partial charge in [0, 0.05) is 24.2 Å². The first kappa shape index (κ1) is 22.3. The number of esters is 1. The van der Waals surface area contributed by atoms with Crippen molar-refractivity contribution in [3.8, 4) is 0 Å². The summed E-state index contributed by atoms with van der Waals surface area (Å²) in [6.45, 7) is 1.88. The van der Waals surface area contributed by atoms with Gasteiger partial charge in [0.1, 0.15) is 0 Å². The molecule has 0 saturated heterocycles. The van der Waals surface area contributed by atoms with Crippen molar-refractivity contribution >= 4 is 38.5 Å². The SMILES string of the molecule is COC(=O)c1cn(C(=O)c2cccc(N(C)S(=O)(=O)c3ccc(C)cc3)c2)c2ccccc12. The number of benzene rings is 3. The van der Waals surface area contributed by atoms with Gasteiger partial charge < -0.3 is 4.74 Å². The molecule has 0 saturated carbocycles. The average molecular weight is 463 g/mol. The molecular weight excluding hydrogens is 440 g/mol. The van der Waals surface area contributed by atoms with E-state index in [9.17, 15) is 18.0 Å². The van der Waals surface area contributed by atoms with E-state index in [1.165, 1.54) is 31.0 Å². The van der Waals surface area contributed by atoms with Crippen molar-refractivity contribution in [2.24, 2.45) is 0 Å². The highest BCUT2D eigenvalue weighted by molar-refractivity contribution is 7.92. The summed E-state index contributed by atoms with van der Waals surface area (Å²) in [6.07, 6.45) is 1.44. The van der Waals surface area contributed by atoms with E-state index in [0.29, 0.717) is 16.6 Å². The summed E-state index contributed by atoms with van der Waals surface area (Å²) in [5.41, 5.74) is 2.39. The van der Waals surface area contributed by atoms with Crippen molar-refractivity contribution in [3.05, 3.63) is 95.7 Å². The maximum Gasteiger partial charge on any atom is 0.340 e. The highest BCUT2D eigenvalue weighted by Crippen LogP contribution is 2.26. The lowest BCUT2D eigenvalue weighted by Gasteiger charge is -2.20. The molecule has 0 amide bonds. The van der Waals surface area contributed by atoms with Gasteiger partial charge in [0.2, 0.25) is 0 Å². The molecule has 0 atom stereocenters. The Balaban J connectivity index is 1.74. The molecule has 0 unspecified atom stereocenters. The van der Waals surface area contributed by atoms with Crippen molar-refractivity contribution in [2.75, 3.05) is 18.5 Å². The van der Waals surface area contributed by atoms with Gasteiger partial charge in [-0.15, -0.1) is 0 Å². The fraction of sp³-hybridized carbons (Fsp3) is 0.120. The molecule has 1 aromatic heterocycles. The lowest BCUT2D eigenvalue weighted by molar-refractivity contribution is 0.0603. The van der Waals surface area contributed by atoms with Gasteiger partial charge in [-0.05, 0) is 43.3 Å². The Bertz CT molecular complexity index is 1470. The number of hydrogen-bond donors (Lipinski definition) is 0. The Morgan fingerprint density at radius 2 is 1.64 bits per heavy atom. The number of sulfonamides is 1. The van der Waals surface area contributed by atoms with E-state index in [1.807, 2.05) is 6.92 Å². The molecule has 0 fully saturated rings. The number of anilines is 1. The van der Waals surface area contributed by atoms with Crippen LogP contribution in [-0.2, 0) is 14.8 Å². The first-order chi connectivity index (χ1) is 15.7. The van der Waals surface area contributed by atoms with E-state index in [2.05, 4.69) is 0 Å². The second-order valence-electron chi connectivity index (χ2n) is 7.56. The third-order valence-corrected chi connectivity index (χ3v) is 7.27. The van der Waals surface area contributed by atoms with E-state index in [0.717, 1.165) is 9.87 Å². The highest BCUT2D eigenvalue weighted by atomic mass is 32.2. The third-order valence-electron chi connectivity index (χ3n) is 5.47. The van der Waals surface area contributed by atoms with E-state index in [4.69, 9.17) is 4.74 Å². The molecule has 4 aromatic rings. The smallest absolute Gasteiger partial charge is 0.340 e. The summed E-state index contributed by atoms with van der Waals surface area (Å²) in [5.74, 6) is -0.945. The number of para-hydroxylation sites is 1. The van der Waals surface area contributed by atoms with Crippen LogP contribution in [0.15, 0.2) is 83.9 Å². The summed E-state index contributed by atoms with van der Waals surface area (Å²) in [4.78, 5) is 25.7. The molecule has 0 N–H and O–H groups in total. The minimum Gasteiger partial charge on any atom is -0.465 e. The molecule has 0 aliphatic rings. The Labute approximate surface area is 191 Å². The number of aromatic nitrogens is 1. The molecule has 3 aromatic carbocycles. The fourth-order valence-corrected chi connectivity index (χ4v) is 4.79. The zero-order valence-electron chi connectivity index (χ0n) is 18.3. The van der Waals surface area contributed by atoms with Crippen LogP contribution in [0.2, 0.25) is 0 Å². The van der Waals surface area contributed by atoms with Crippen LogP contribution in [0.25, 0.3) is 10.9 Å². The summed E-state index contributed by atoms with van der Waals surface area (Å²) < 4.78 is 33.5. The van der Waals surface area contributed by atoms with Crippen LogP contribution in [-0.4, -0.2) is 39.0 Å². The van der Waals surface area contributed by atoms with Gasteiger partial charge >= 0.3 is 5.97 Å². The molecular formula is C25H22N2O5S. The predicted molar refractivity (Wildman–Crippen MR) is 126 cm³/mol. The van der Waals surface area contributed by atoms with Gasteiger partial charge in [0.15, 0.2) is 0 Å². The number of carbonyl (C=O) groups is 2. The summed E-state index contributed by atoms with van der Waals surface area (Å²) in [7, 11) is -1.08. The lowest BCUT2D eigenvalue weighted by Crippen LogP contribution is -2.26. The molecule has 0 spiro atoms. The van der Waals surface area contributed by atoms with E-state index < -0.39 is 21.9 Å². The number of rotatable bonds is 5. The summed E-state index contributed by atoms with van der Waals surface area (Å²) in [6, 6.07) is 19.9. The molecule has 0 aliphatic carbocycles. The van der Waals surface area contributed by atoms with Gasteiger partial charge in [-0.1, -0.05) is 42.0 Å². The Hall–Kier alpha value is -3.91. The van der Waals surface area contributed by atoms with Crippen molar-refractivity contribution in [2.45, 2.75) is 11.8 Å². The zero-order valence-corrected chi connectivity index (χ0v) is 19.2. The van der Waals surface area contributed by atoms with Crippen LogP contribution in [0.3, 0.4) is 0 Å². The van der Waals surface area contributed by atoms with Gasteiger partial charge in [0.25, 0.3) is 15.9 Å². The molecule has 0 bridgehead atoms. The Morgan fingerprint density at radius 3 is 2.33 bits per heavy atom. The molecule has 4 rings (SSSR count). The first-order valence-corrected chi connectivity index (χ1v) is 11.6. The number of fused-ring (bicyclic) bond motifs is 1. The van der Waals surface area contributed by atoms with Crippen molar-refractivity contribution in [1.29, 1.82) is 0 Å². The molecule has 168 valence electrons. The number of aryl methyl sites for hydroxylation is 1. The average Bonchev–Trinajstić information content (AvgIpc) is 3.22. The summed E-state index contributed by atoms with van der Waals surface area (Å²) in [5, 5.41) is 0.591. The van der Waals surface area contributed by atoms with Crippen LogP contribution >= 0.6 is 0 Å². The third kappa shape index (κ3) is 4.01. The van der Waals surface area contributed by atoms with Crippen molar-refractivity contribution in [3.63, 3.8) is 0 Å². The van der Waals surface area contributed by atoms with Crippen molar-refractivity contribution < 1.29 is 22.7 Å². The first-order valence-electron chi connectivity index (χ1n) is 10.1. The number of nitrogens with zero attached hydrogens (tertiary/aromatic N) is 2. The molecule has 33 heavy (non-hydrogen) atoms. The molecule has 8 heteroatoms. The molecule has 0 radical (unpaired) electrons. The molecule has 7 nitrogen and oxygen atoms in total. The predicted octanol–water partition coefficient (Wildman–Crippen LogP) is 4.25. The van der Waals surface area contributed by atoms with Gasteiger partial charge in [-0.25, -0.2) is 13.2 Å².